The number of hydrogen-bond acceptors (Lipinski definition) is 3. The third-order valence-corrected chi connectivity index (χ3v) is 2.75. The lowest BCUT2D eigenvalue weighted by atomic mass is 9.99. The summed E-state index contributed by atoms with van der Waals surface area (Å²) in [6.45, 7) is 2.01. The normalized spacial score (nSPS) is 36.9. The molecule has 4 heteroatoms. The second-order valence-electron chi connectivity index (χ2n) is 3.85. The van der Waals surface area contributed by atoms with Crippen LogP contribution in [0.1, 0.15) is 26.2 Å². The average molecular weight is 197 g/mol. The van der Waals surface area contributed by atoms with Crippen LogP contribution >= 0.6 is 0 Å². The zero-order valence-electron chi connectivity index (χ0n) is 8.50. The van der Waals surface area contributed by atoms with Gasteiger partial charge in [-0.25, -0.2) is 0 Å². The van der Waals surface area contributed by atoms with Crippen molar-refractivity contribution in [3.05, 3.63) is 11.8 Å². The molecule has 4 nitrogen and oxygen atoms in total. The van der Waals surface area contributed by atoms with Gasteiger partial charge in [0.25, 0.3) is 0 Å². The summed E-state index contributed by atoms with van der Waals surface area (Å²) in [4.78, 5) is 11.2. The quantitative estimate of drug-likeness (QED) is 0.680. The van der Waals surface area contributed by atoms with Gasteiger partial charge in [0.2, 0.25) is 5.91 Å². The number of amides is 1. The molecular weight excluding hydrogens is 182 g/mol. The first-order valence-electron chi connectivity index (χ1n) is 4.92. The molecule has 2 heterocycles. The Morgan fingerprint density at radius 3 is 3.14 bits per heavy atom. The summed E-state index contributed by atoms with van der Waals surface area (Å²) in [5.41, 5.74) is -0.677. The van der Waals surface area contributed by atoms with Crippen LogP contribution < -0.4 is 5.32 Å². The van der Waals surface area contributed by atoms with E-state index in [4.69, 9.17) is 9.47 Å². The molecule has 14 heavy (non-hydrogen) atoms. The van der Waals surface area contributed by atoms with Crippen LogP contribution in [0.15, 0.2) is 11.8 Å². The minimum atomic E-state index is -0.677. The van der Waals surface area contributed by atoms with E-state index in [9.17, 15) is 4.79 Å². The van der Waals surface area contributed by atoms with Crippen molar-refractivity contribution in [2.75, 3.05) is 7.11 Å². The summed E-state index contributed by atoms with van der Waals surface area (Å²) in [5.74, 6) is 0.477. The zero-order chi connectivity index (χ0) is 10.2. The summed E-state index contributed by atoms with van der Waals surface area (Å²) in [5, 5.41) is 2.82. The van der Waals surface area contributed by atoms with Crippen molar-refractivity contribution in [1.82, 2.24) is 5.32 Å². The van der Waals surface area contributed by atoms with E-state index in [0.717, 1.165) is 19.3 Å². The molecule has 0 aromatic rings. The Balaban J connectivity index is 2.22. The molecule has 0 aliphatic carbocycles. The SMILES string of the molecule is COC1=CC(=O)NC12CCCC(C)O2. The minimum absolute atomic E-state index is 0.129. The number of rotatable bonds is 1. The Bertz CT molecular complexity index is 287. The molecule has 0 aromatic carbocycles. The Morgan fingerprint density at radius 1 is 1.71 bits per heavy atom. The fourth-order valence-electron chi connectivity index (χ4n) is 2.13. The molecule has 0 radical (unpaired) electrons. The van der Waals surface area contributed by atoms with Crippen LogP contribution in [0.3, 0.4) is 0 Å². The smallest absolute Gasteiger partial charge is 0.250 e. The molecule has 0 aromatic heterocycles. The van der Waals surface area contributed by atoms with Crippen LogP contribution in [0.25, 0.3) is 0 Å². The van der Waals surface area contributed by atoms with E-state index in [-0.39, 0.29) is 12.0 Å². The van der Waals surface area contributed by atoms with Crippen molar-refractivity contribution in [2.24, 2.45) is 0 Å². The molecule has 2 unspecified atom stereocenters. The first-order valence-corrected chi connectivity index (χ1v) is 4.92. The van der Waals surface area contributed by atoms with E-state index in [1.54, 1.807) is 7.11 Å². The van der Waals surface area contributed by atoms with Crippen molar-refractivity contribution in [2.45, 2.75) is 38.0 Å². The van der Waals surface area contributed by atoms with Gasteiger partial charge < -0.3 is 14.8 Å². The molecule has 2 aliphatic rings. The van der Waals surface area contributed by atoms with Gasteiger partial charge in [0.1, 0.15) is 0 Å². The summed E-state index contributed by atoms with van der Waals surface area (Å²) in [7, 11) is 1.57. The van der Waals surface area contributed by atoms with E-state index in [1.165, 1.54) is 6.08 Å². The van der Waals surface area contributed by atoms with Crippen LogP contribution in [-0.4, -0.2) is 24.8 Å². The van der Waals surface area contributed by atoms with E-state index < -0.39 is 5.72 Å². The number of nitrogens with one attached hydrogen (secondary N) is 1. The molecule has 2 atom stereocenters. The van der Waals surface area contributed by atoms with Gasteiger partial charge in [-0.3, -0.25) is 4.79 Å². The van der Waals surface area contributed by atoms with Gasteiger partial charge in [0.05, 0.1) is 13.2 Å². The highest BCUT2D eigenvalue weighted by atomic mass is 16.6. The maximum Gasteiger partial charge on any atom is 0.250 e. The maximum absolute atomic E-state index is 11.2. The molecule has 2 rings (SSSR count). The fourth-order valence-corrected chi connectivity index (χ4v) is 2.13. The lowest BCUT2D eigenvalue weighted by Gasteiger charge is -2.38. The average Bonchev–Trinajstić information content (AvgIpc) is 2.41. The van der Waals surface area contributed by atoms with Crippen LogP contribution in [0.5, 0.6) is 0 Å². The summed E-state index contributed by atoms with van der Waals surface area (Å²) < 4.78 is 11.0. The van der Waals surface area contributed by atoms with Gasteiger partial charge in [-0.1, -0.05) is 0 Å². The first kappa shape index (κ1) is 9.52. The second kappa shape index (κ2) is 3.28. The monoisotopic (exact) mass is 197 g/mol. The minimum Gasteiger partial charge on any atom is -0.496 e. The molecule has 78 valence electrons. The highest BCUT2D eigenvalue weighted by Crippen LogP contribution is 2.35. The number of carbonyl (C=O) groups is 1. The van der Waals surface area contributed by atoms with Crippen molar-refractivity contribution < 1.29 is 14.3 Å². The molecule has 1 spiro atoms. The molecular formula is C10H15NO3. The van der Waals surface area contributed by atoms with Crippen molar-refractivity contribution in [1.29, 1.82) is 0 Å². The van der Waals surface area contributed by atoms with E-state index in [0.29, 0.717) is 5.76 Å². The van der Waals surface area contributed by atoms with E-state index in [2.05, 4.69) is 5.32 Å². The van der Waals surface area contributed by atoms with Crippen molar-refractivity contribution in [3.63, 3.8) is 0 Å². The topological polar surface area (TPSA) is 47.6 Å². The standard InChI is InChI=1S/C10H15NO3/c1-7-4-3-5-10(14-7)8(13-2)6-9(12)11-10/h6-7H,3-5H2,1-2H3,(H,11,12). The molecule has 0 bridgehead atoms. The summed E-state index contributed by atoms with van der Waals surface area (Å²) >= 11 is 0. The highest BCUT2D eigenvalue weighted by Gasteiger charge is 2.45. The highest BCUT2D eigenvalue weighted by molar-refractivity contribution is 5.92. The number of hydrogen-bond donors (Lipinski definition) is 1. The molecule has 1 saturated heterocycles. The maximum atomic E-state index is 11.2. The first-order chi connectivity index (χ1) is 6.66. The van der Waals surface area contributed by atoms with Gasteiger partial charge in [-0.05, 0) is 19.8 Å². The number of methoxy groups -OCH3 is 1. The molecule has 1 amide bonds. The Hall–Kier alpha value is -1.03. The Kier molecular flexibility index (Phi) is 2.23. The third kappa shape index (κ3) is 1.39. The predicted molar refractivity (Wildman–Crippen MR) is 50.4 cm³/mol. The lowest BCUT2D eigenvalue weighted by Crippen LogP contribution is -2.51. The van der Waals surface area contributed by atoms with Gasteiger partial charge in [0.15, 0.2) is 11.5 Å². The number of ether oxygens (including phenoxy) is 2. The Labute approximate surface area is 83.3 Å². The van der Waals surface area contributed by atoms with Gasteiger partial charge >= 0.3 is 0 Å². The van der Waals surface area contributed by atoms with Gasteiger partial charge in [-0.15, -0.1) is 0 Å². The van der Waals surface area contributed by atoms with Crippen LogP contribution in [0.2, 0.25) is 0 Å². The number of carbonyl (C=O) groups excluding carboxylic acids is 1. The van der Waals surface area contributed by atoms with Crippen LogP contribution in [0, 0.1) is 0 Å². The molecule has 0 saturated carbocycles. The molecule has 2 aliphatic heterocycles. The van der Waals surface area contributed by atoms with Crippen molar-refractivity contribution >= 4 is 5.91 Å². The molecule has 1 N–H and O–H groups in total. The summed E-state index contributed by atoms with van der Waals surface area (Å²) in [6, 6.07) is 0. The van der Waals surface area contributed by atoms with E-state index in [1.807, 2.05) is 6.92 Å². The van der Waals surface area contributed by atoms with Crippen molar-refractivity contribution in [3.8, 4) is 0 Å². The second-order valence-corrected chi connectivity index (χ2v) is 3.85. The largest absolute Gasteiger partial charge is 0.496 e. The third-order valence-electron chi connectivity index (χ3n) is 2.75. The predicted octanol–water partition coefficient (Wildman–Crippen LogP) is 0.932. The van der Waals surface area contributed by atoms with E-state index >= 15 is 0 Å². The van der Waals surface area contributed by atoms with Crippen LogP contribution in [0.4, 0.5) is 0 Å². The lowest BCUT2D eigenvalue weighted by molar-refractivity contribution is -0.144. The van der Waals surface area contributed by atoms with Gasteiger partial charge in [-0.2, -0.15) is 0 Å². The zero-order valence-corrected chi connectivity index (χ0v) is 8.50. The summed E-state index contributed by atoms with van der Waals surface area (Å²) in [6.07, 6.45) is 4.51. The van der Waals surface area contributed by atoms with Gasteiger partial charge in [0, 0.05) is 12.5 Å². The van der Waals surface area contributed by atoms with Crippen LogP contribution in [-0.2, 0) is 14.3 Å². The fraction of sp³-hybridized carbons (Fsp3) is 0.700. The molecule has 1 fully saturated rings. The Morgan fingerprint density at radius 2 is 2.50 bits per heavy atom.